The summed E-state index contributed by atoms with van der Waals surface area (Å²) in [6.45, 7) is 3.82. The second-order valence-corrected chi connectivity index (χ2v) is 5.48. The highest BCUT2D eigenvalue weighted by molar-refractivity contribution is 5.96. The molecule has 0 atom stereocenters. The molecule has 0 aliphatic heterocycles. The van der Waals surface area contributed by atoms with E-state index < -0.39 is 0 Å². The van der Waals surface area contributed by atoms with E-state index in [1.807, 2.05) is 25.8 Å². The molecule has 1 amide bonds. The fourth-order valence-electron chi connectivity index (χ4n) is 2.92. The molecule has 1 aromatic heterocycles. The first-order valence-electron chi connectivity index (χ1n) is 7.37. The molecule has 1 aromatic rings. The average molecular weight is 264 g/mol. The zero-order chi connectivity index (χ0) is 13.8. The predicted molar refractivity (Wildman–Crippen MR) is 74.2 cm³/mol. The lowest BCUT2D eigenvalue weighted by atomic mass is 10.1. The van der Waals surface area contributed by atoms with Crippen LogP contribution < -0.4 is 0 Å². The second kappa shape index (κ2) is 6.22. The Bertz CT molecular complexity index is 431. The Balaban J connectivity index is 2.15. The minimum Gasteiger partial charge on any atom is -0.361 e. The maximum absolute atomic E-state index is 12.6. The Kier molecular flexibility index (Phi) is 4.61. The molecule has 0 bridgehead atoms. The van der Waals surface area contributed by atoms with Crippen molar-refractivity contribution in [2.45, 2.75) is 64.8 Å². The van der Waals surface area contributed by atoms with Crippen molar-refractivity contribution in [2.75, 3.05) is 7.05 Å². The summed E-state index contributed by atoms with van der Waals surface area (Å²) in [7, 11) is 1.92. The van der Waals surface area contributed by atoms with E-state index in [0.717, 1.165) is 25.0 Å². The van der Waals surface area contributed by atoms with Crippen LogP contribution in [0.4, 0.5) is 0 Å². The summed E-state index contributed by atoms with van der Waals surface area (Å²) in [5, 5.41) is 3.98. The van der Waals surface area contributed by atoms with Crippen LogP contribution in [0.5, 0.6) is 0 Å². The maximum Gasteiger partial charge on any atom is 0.259 e. The Morgan fingerprint density at radius 3 is 2.53 bits per heavy atom. The van der Waals surface area contributed by atoms with Crippen molar-refractivity contribution in [3.8, 4) is 0 Å². The van der Waals surface area contributed by atoms with Gasteiger partial charge in [0.25, 0.3) is 5.91 Å². The number of hydrogen-bond donors (Lipinski definition) is 0. The lowest BCUT2D eigenvalue weighted by Crippen LogP contribution is -2.37. The maximum atomic E-state index is 12.6. The molecule has 1 fully saturated rings. The van der Waals surface area contributed by atoms with Gasteiger partial charge in [0.1, 0.15) is 11.3 Å². The van der Waals surface area contributed by atoms with E-state index in [1.165, 1.54) is 25.7 Å². The summed E-state index contributed by atoms with van der Waals surface area (Å²) in [5.41, 5.74) is 1.46. The topological polar surface area (TPSA) is 46.3 Å². The quantitative estimate of drug-likeness (QED) is 0.787. The molecule has 0 saturated heterocycles. The Morgan fingerprint density at radius 1 is 1.32 bits per heavy atom. The van der Waals surface area contributed by atoms with Crippen LogP contribution in [-0.4, -0.2) is 29.1 Å². The number of hydrogen-bond acceptors (Lipinski definition) is 3. The third-order valence-corrected chi connectivity index (χ3v) is 4.17. The molecule has 4 heteroatoms. The van der Waals surface area contributed by atoms with Crippen molar-refractivity contribution in [3.05, 3.63) is 17.0 Å². The molecular formula is C15H24N2O2. The van der Waals surface area contributed by atoms with Gasteiger partial charge in [0.2, 0.25) is 0 Å². The molecular weight excluding hydrogens is 240 g/mol. The molecule has 0 N–H and O–H groups in total. The van der Waals surface area contributed by atoms with Gasteiger partial charge < -0.3 is 9.42 Å². The van der Waals surface area contributed by atoms with E-state index >= 15 is 0 Å². The fraction of sp³-hybridized carbons (Fsp3) is 0.733. The first kappa shape index (κ1) is 14.1. The van der Waals surface area contributed by atoms with Gasteiger partial charge in [-0.2, -0.15) is 0 Å². The van der Waals surface area contributed by atoms with Gasteiger partial charge in [0.15, 0.2) is 0 Å². The largest absolute Gasteiger partial charge is 0.361 e. The molecule has 4 nitrogen and oxygen atoms in total. The standard InChI is InChI=1S/C15H24N2O2/c1-4-13-14(11(2)19-16-13)15(18)17(3)12-9-7-5-6-8-10-12/h12H,4-10H2,1-3H3. The van der Waals surface area contributed by atoms with Gasteiger partial charge in [-0.25, -0.2) is 0 Å². The number of aryl methyl sites for hydroxylation is 2. The van der Waals surface area contributed by atoms with Crippen molar-refractivity contribution < 1.29 is 9.32 Å². The second-order valence-electron chi connectivity index (χ2n) is 5.48. The fourth-order valence-corrected chi connectivity index (χ4v) is 2.92. The number of carbonyl (C=O) groups excluding carboxylic acids is 1. The van der Waals surface area contributed by atoms with Crippen molar-refractivity contribution in [3.63, 3.8) is 0 Å². The van der Waals surface area contributed by atoms with Gasteiger partial charge in [-0.3, -0.25) is 4.79 Å². The number of amides is 1. The number of aromatic nitrogens is 1. The highest BCUT2D eigenvalue weighted by Crippen LogP contribution is 2.24. The van der Waals surface area contributed by atoms with Gasteiger partial charge in [-0.15, -0.1) is 0 Å². The summed E-state index contributed by atoms with van der Waals surface area (Å²) < 4.78 is 5.17. The van der Waals surface area contributed by atoms with E-state index in [-0.39, 0.29) is 5.91 Å². The van der Waals surface area contributed by atoms with Crippen LogP contribution in [-0.2, 0) is 6.42 Å². The molecule has 0 unspecified atom stereocenters. The van der Waals surface area contributed by atoms with Crippen LogP contribution in [0.2, 0.25) is 0 Å². The SMILES string of the molecule is CCc1noc(C)c1C(=O)N(C)C1CCCCCC1. The van der Waals surface area contributed by atoms with Crippen molar-refractivity contribution >= 4 is 5.91 Å². The first-order valence-corrected chi connectivity index (χ1v) is 7.37. The number of carbonyl (C=O) groups is 1. The third-order valence-electron chi connectivity index (χ3n) is 4.17. The summed E-state index contributed by atoms with van der Waals surface area (Å²) in [5.74, 6) is 0.713. The van der Waals surface area contributed by atoms with E-state index in [9.17, 15) is 4.79 Å². The molecule has 1 aliphatic rings. The van der Waals surface area contributed by atoms with Crippen LogP contribution in [0.3, 0.4) is 0 Å². The molecule has 0 aromatic carbocycles. The van der Waals surface area contributed by atoms with Crippen molar-refractivity contribution in [1.29, 1.82) is 0 Å². The van der Waals surface area contributed by atoms with Crippen LogP contribution >= 0.6 is 0 Å². The van der Waals surface area contributed by atoms with Crippen LogP contribution in [0, 0.1) is 6.92 Å². The summed E-state index contributed by atoms with van der Waals surface area (Å²) in [4.78, 5) is 14.6. The Hall–Kier alpha value is -1.32. The number of nitrogens with zero attached hydrogens (tertiary/aromatic N) is 2. The summed E-state index contributed by atoms with van der Waals surface area (Å²) in [6.07, 6.45) is 8.02. The van der Waals surface area contributed by atoms with Crippen molar-refractivity contribution in [1.82, 2.24) is 10.1 Å². The smallest absolute Gasteiger partial charge is 0.259 e. The highest BCUT2D eigenvalue weighted by atomic mass is 16.5. The van der Waals surface area contributed by atoms with E-state index in [4.69, 9.17) is 4.52 Å². The zero-order valence-electron chi connectivity index (χ0n) is 12.2. The molecule has 2 rings (SSSR count). The van der Waals surface area contributed by atoms with Crippen LogP contribution in [0.1, 0.15) is 67.3 Å². The van der Waals surface area contributed by atoms with E-state index in [2.05, 4.69) is 5.16 Å². The summed E-state index contributed by atoms with van der Waals surface area (Å²) >= 11 is 0. The zero-order valence-corrected chi connectivity index (χ0v) is 12.2. The van der Waals surface area contributed by atoms with E-state index in [1.54, 1.807) is 0 Å². The van der Waals surface area contributed by atoms with Crippen LogP contribution in [0.15, 0.2) is 4.52 Å². The number of rotatable bonds is 3. The minimum absolute atomic E-state index is 0.0718. The third kappa shape index (κ3) is 2.99. The molecule has 106 valence electrons. The highest BCUT2D eigenvalue weighted by Gasteiger charge is 2.27. The molecule has 1 aliphatic carbocycles. The van der Waals surface area contributed by atoms with Gasteiger partial charge in [-0.05, 0) is 26.2 Å². The normalized spacial score (nSPS) is 17.2. The van der Waals surface area contributed by atoms with Gasteiger partial charge >= 0.3 is 0 Å². The lowest BCUT2D eigenvalue weighted by Gasteiger charge is -2.27. The van der Waals surface area contributed by atoms with Gasteiger partial charge in [0, 0.05) is 13.1 Å². The summed E-state index contributed by atoms with van der Waals surface area (Å²) in [6, 6.07) is 0.369. The van der Waals surface area contributed by atoms with E-state index in [0.29, 0.717) is 17.4 Å². The Labute approximate surface area is 115 Å². The molecule has 19 heavy (non-hydrogen) atoms. The molecule has 1 saturated carbocycles. The minimum atomic E-state index is 0.0718. The van der Waals surface area contributed by atoms with Crippen LogP contribution in [0.25, 0.3) is 0 Å². The molecule has 0 spiro atoms. The first-order chi connectivity index (χ1) is 9.15. The van der Waals surface area contributed by atoms with Gasteiger partial charge in [0.05, 0.1) is 5.69 Å². The molecule has 0 radical (unpaired) electrons. The van der Waals surface area contributed by atoms with Gasteiger partial charge in [-0.1, -0.05) is 37.8 Å². The monoisotopic (exact) mass is 264 g/mol. The average Bonchev–Trinajstić information content (AvgIpc) is 2.64. The Morgan fingerprint density at radius 2 is 1.95 bits per heavy atom. The lowest BCUT2D eigenvalue weighted by molar-refractivity contribution is 0.0715. The molecule has 1 heterocycles. The van der Waals surface area contributed by atoms with Crippen molar-refractivity contribution in [2.24, 2.45) is 0 Å². The predicted octanol–water partition coefficient (Wildman–Crippen LogP) is 3.34.